The maximum absolute atomic E-state index is 9.49. The molecule has 4 rings (SSSR count). The summed E-state index contributed by atoms with van der Waals surface area (Å²) in [6.07, 6.45) is 3.02. The van der Waals surface area contributed by atoms with Crippen molar-refractivity contribution in [1.82, 2.24) is 15.5 Å². The molecule has 0 amide bonds. The number of fused-ring (bicyclic) bond motifs is 1. The molecule has 1 aliphatic rings. The van der Waals surface area contributed by atoms with Gasteiger partial charge in [-0.15, -0.1) is 0 Å². The molecular formula is C24H26N4O3. The molecule has 7 nitrogen and oxygen atoms in total. The fraction of sp³-hybridized carbons (Fsp3) is 0.375. The molecule has 0 spiro atoms. The van der Waals surface area contributed by atoms with Crippen molar-refractivity contribution in [3.05, 3.63) is 53.1 Å². The van der Waals surface area contributed by atoms with Crippen molar-refractivity contribution in [3.8, 4) is 34.7 Å². The number of nitrogens with zero attached hydrogens (tertiary/aromatic N) is 3. The Morgan fingerprint density at radius 2 is 2.19 bits per heavy atom. The summed E-state index contributed by atoms with van der Waals surface area (Å²) in [5.41, 5.74) is 4.52. The molecule has 7 heteroatoms. The summed E-state index contributed by atoms with van der Waals surface area (Å²) in [6.45, 7) is 4.53. The number of aliphatic hydroxyl groups excluding tert-OH is 1. The van der Waals surface area contributed by atoms with E-state index < -0.39 is 0 Å². The molecule has 0 unspecified atom stereocenters. The van der Waals surface area contributed by atoms with Crippen LogP contribution in [0.3, 0.4) is 0 Å². The van der Waals surface area contributed by atoms with Gasteiger partial charge in [-0.3, -0.25) is 0 Å². The molecule has 31 heavy (non-hydrogen) atoms. The third-order valence-corrected chi connectivity index (χ3v) is 5.39. The normalized spacial score (nSPS) is 15.5. The van der Waals surface area contributed by atoms with Crippen LogP contribution in [0.1, 0.15) is 49.4 Å². The Labute approximate surface area is 181 Å². The minimum Gasteiger partial charge on any atom is -0.490 e. The van der Waals surface area contributed by atoms with Crippen LogP contribution in [0.4, 0.5) is 0 Å². The number of benzene rings is 2. The summed E-state index contributed by atoms with van der Waals surface area (Å²) in [6, 6.07) is 13.8. The zero-order valence-electron chi connectivity index (χ0n) is 17.8. The van der Waals surface area contributed by atoms with Crippen molar-refractivity contribution >= 4 is 0 Å². The van der Waals surface area contributed by atoms with Gasteiger partial charge >= 0.3 is 0 Å². The van der Waals surface area contributed by atoms with Gasteiger partial charge in [-0.05, 0) is 62.4 Å². The first kappa shape index (κ1) is 21.0. The molecule has 0 saturated carbocycles. The van der Waals surface area contributed by atoms with Crippen LogP contribution in [-0.4, -0.2) is 34.5 Å². The first-order valence-electron chi connectivity index (χ1n) is 10.6. The number of rotatable bonds is 7. The Morgan fingerprint density at radius 1 is 1.32 bits per heavy atom. The lowest BCUT2D eigenvalue weighted by atomic mass is 9.84. The quantitative estimate of drug-likeness (QED) is 0.597. The van der Waals surface area contributed by atoms with Gasteiger partial charge in [0.05, 0.1) is 18.3 Å². The van der Waals surface area contributed by atoms with Crippen LogP contribution in [0.15, 0.2) is 40.9 Å². The first-order chi connectivity index (χ1) is 15.1. The van der Waals surface area contributed by atoms with Crippen molar-refractivity contribution in [2.75, 3.05) is 13.2 Å². The van der Waals surface area contributed by atoms with Gasteiger partial charge in [-0.25, -0.2) is 0 Å². The molecule has 3 aromatic rings. The summed E-state index contributed by atoms with van der Waals surface area (Å²) < 4.78 is 11.2. The molecule has 0 fully saturated rings. The van der Waals surface area contributed by atoms with E-state index in [0.29, 0.717) is 35.1 Å². The van der Waals surface area contributed by atoms with Crippen LogP contribution < -0.4 is 10.1 Å². The van der Waals surface area contributed by atoms with Crippen molar-refractivity contribution in [1.29, 1.82) is 5.26 Å². The number of hydrogen-bond donors (Lipinski definition) is 2. The van der Waals surface area contributed by atoms with Gasteiger partial charge in [-0.1, -0.05) is 23.4 Å². The minimum atomic E-state index is -0.0205. The lowest BCUT2D eigenvalue weighted by Gasteiger charge is -2.27. The molecule has 2 aromatic carbocycles. The monoisotopic (exact) mass is 418 g/mol. The Hall–Kier alpha value is -3.21. The highest BCUT2D eigenvalue weighted by atomic mass is 16.5. The predicted molar refractivity (Wildman–Crippen MR) is 116 cm³/mol. The summed E-state index contributed by atoms with van der Waals surface area (Å²) in [5.74, 6) is 1.45. The van der Waals surface area contributed by atoms with Gasteiger partial charge in [0.1, 0.15) is 11.8 Å². The highest BCUT2D eigenvalue weighted by molar-refractivity contribution is 5.66. The SMILES string of the molecule is CC(C)Oc1ccc(-c2nc(-c3cccc4c3CCC[C@@H]4NCCO)no2)cc1C#N. The Bertz CT molecular complexity index is 1100. The second-order valence-electron chi connectivity index (χ2n) is 7.91. The molecule has 0 saturated heterocycles. The summed E-state index contributed by atoms with van der Waals surface area (Å²) in [7, 11) is 0. The Morgan fingerprint density at radius 3 is 2.97 bits per heavy atom. The van der Waals surface area contributed by atoms with E-state index in [1.54, 1.807) is 12.1 Å². The predicted octanol–water partition coefficient (Wildman–Crippen LogP) is 4.02. The van der Waals surface area contributed by atoms with Gasteiger partial charge in [0.25, 0.3) is 5.89 Å². The third-order valence-electron chi connectivity index (χ3n) is 5.39. The number of aliphatic hydroxyl groups is 1. The third kappa shape index (κ3) is 4.46. The number of hydrogen-bond acceptors (Lipinski definition) is 7. The van der Waals surface area contributed by atoms with E-state index in [9.17, 15) is 5.26 Å². The molecule has 160 valence electrons. The van der Waals surface area contributed by atoms with Crippen LogP contribution in [0, 0.1) is 11.3 Å². The van der Waals surface area contributed by atoms with E-state index in [1.807, 2.05) is 32.0 Å². The first-order valence-corrected chi connectivity index (χ1v) is 10.6. The van der Waals surface area contributed by atoms with Gasteiger partial charge in [0, 0.05) is 23.7 Å². The van der Waals surface area contributed by atoms with Crippen molar-refractivity contribution in [2.24, 2.45) is 0 Å². The highest BCUT2D eigenvalue weighted by Crippen LogP contribution is 2.36. The van der Waals surface area contributed by atoms with Gasteiger partial charge in [0.15, 0.2) is 0 Å². The minimum absolute atomic E-state index is 0.0205. The molecule has 0 radical (unpaired) electrons. The molecule has 1 aliphatic carbocycles. The lowest BCUT2D eigenvalue weighted by molar-refractivity contribution is 0.241. The number of nitriles is 1. The van der Waals surface area contributed by atoms with Gasteiger partial charge in [0.2, 0.25) is 5.82 Å². The molecular weight excluding hydrogens is 392 g/mol. The molecule has 1 aromatic heterocycles. The van der Waals surface area contributed by atoms with Crippen LogP contribution in [0.5, 0.6) is 5.75 Å². The zero-order valence-corrected chi connectivity index (χ0v) is 17.8. The lowest BCUT2D eigenvalue weighted by Crippen LogP contribution is -2.27. The standard InChI is InChI=1S/C24H26N4O3/c1-15(2)30-22-10-9-16(13-17(22)14-25)24-27-23(28-31-24)20-7-3-6-19-18(20)5-4-8-21(19)26-11-12-29/h3,6-7,9-10,13,15,21,26,29H,4-5,8,11-12H2,1-2H3/t21-/m0/s1. The molecule has 2 N–H and O–H groups in total. The van der Waals surface area contributed by atoms with E-state index in [4.69, 9.17) is 14.4 Å². The van der Waals surface area contributed by atoms with Crippen LogP contribution in [-0.2, 0) is 6.42 Å². The maximum atomic E-state index is 9.49. The molecule has 0 bridgehead atoms. The highest BCUT2D eigenvalue weighted by Gasteiger charge is 2.24. The fourth-order valence-electron chi connectivity index (χ4n) is 4.07. The number of ether oxygens (including phenoxy) is 1. The van der Waals surface area contributed by atoms with Gasteiger partial charge < -0.3 is 19.7 Å². The van der Waals surface area contributed by atoms with Crippen molar-refractivity contribution in [3.63, 3.8) is 0 Å². The second-order valence-corrected chi connectivity index (χ2v) is 7.91. The Balaban J connectivity index is 1.65. The summed E-state index contributed by atoms with van der Waals surface area (Å²) in [4.78, 5) is 4.62. The zero-order chi connectivity index (χ0) is 21.8. The average molecular weight is 418 g/mol. The van der Waals surface area contributed by atoms with E-state index in [0.717, 1.165) is 24.8 Å². The number of nitrogens with one attached hydrogen (secondary N) is 1. The fourth-order valence-corrected chi connectivity index (χ4v) is 4.07. The maximum Gasteiger partial charge on any atom is 0.258 e. The second kappa shape index (κ2) is 9.29. The van der Waals surface area contributed by atoms with Crippen LogP contribution >= 0.6 is 0 Å². The van der Waals surface area contributed by atoms with E-state index >= 15 is 0 Å². The van der Waals surface area contributed by atoms with E-state index in [-0.39, 0.29) is 18.8 Å². The number of aromatic nitrogens is 2. The van der Waals surface area contributed by atoms with E-state index in [1.165, 1.54) is 11.1 Å². The molecule has 1 atom stereocenters. The Kier molecular flexibility index (Phi) is 6.31. The smallest absolute Gasteiger partial charge is 0.258 e. The summed E-state index contributed by atoms with van der Waals surface area (Å²) in [5, 5.41) is 26.3. The van der Waals surface area contributed by atoms with E-state index in [2.05, 4.69) is 27.6 Å². The largest absolute Gasteiger partial charge is 0.490 e. The summed E-state index contributed by atoms with van der Waals surface area (Å²) >= 11 is 0. The van der Waals surface area contributed by atoms with Crippen LogP contribution in [0.2, 0.25) is 0 Å². The molecule has 1 heterocycles. The average Bonchev–Trinajstić information content (AvgIpc) is 3.27. The van der Waals surface area contributed by atoms with Crippen LogP contribution in [0.25, 0.3) is 22.8 Å². The molecule has 0 aliphatic heterocycles. The van der Waals surface area contributed by atoms with Crippen molar-refractivity contribution < 1.29 is 14.4 Å². The van der Waals surface area contributed by atoms with Crippen molar-refractivity contribution in [2.45, 2.75) is 45.3 Å². The topological polar surface area (TPSA) is 104 Å². The van der Waals surface area contributed by atoms with Gasteiger partial charge in [-0.2, -0.15) is 10.2 Å².